The minimum absolute atomic E-state index is 0.0268. The van der Waals surface area contributed by atoms with Crippen molar-refractivity contribution < 1.29 is 34.0 Å². The number of carboxylic acids is 2. The number of likely N-dealkylation sites (tertiary alicyclic amines) is 2. The summed E-state index contributed by atoms with van der Waals surface area (Å²) in [6.07, 6.45) is 13.0. The number of aromatic nitrogens is 2. The van der Waals surface area contributed by atoms with Gasteiger partial charge in [-0.3, -0.25) is 9.80 Å². The van der Waals surface area contributed by atoms with Crippen LogP contribution in [0, 0.1) is 18.8 Å². The van der Waals surface area contributed by atoms with Crippen molar-refractivity contribution in [1.29, 1.82) is 0 Å². The summed E-state index contributed by atoms with van der Waals surface area (Å²) in [5.74, 6) is 1.21. The van der Waals surface area contributed by atoms with Crippen molar-refractivity contribution in [3.05, 3.63) is 129 Å². The second-order valence-electron chi connectivity index (χ2n) is 18.6. The first kappa shape index (κ1) is 41.4. The molecular weight excluding hydrogens is 793 g/mol. The largest absolute Gasteiger partial charge is 0.496 e. The summed E-state index contributed by atoms with van der Waals surface area (Å²) >= 11 is 0. The fraction of sp³-hybridized carbons (Fsp3) is 0.423. The number of carbonyl (C=O) groups is 2. The van der Waals surface area contributed by atoms with Crippen LogP contribution in [0.4, 0.5) is 0 Å². The number of hydrogen-bond acceptors (Lipinski definition) is 7. The fourth-order valence-corrected chi connectivity index (χ4v) is 11.5. The summed E-state index contributed by atoms with van der Waals surface area (Å²) in [5, 5.41) is 22.5. The van der Waals surface area contributed by atoms with Crippen LogP contribution in [-0.4, -0.2) is 81.4 Å². The molecule has 1 spiro atoms. The first-order valence-electron chi connectivity index (χ1n) is 22.7. The van der Waals surface area contributed by atoms with E-state index in [0.29, 0.717) is 24.4 Å². The van der Waals surface area contributed by atoms with Gasteiger partial charge in [0.2, 0.25) is 0 Å². The van der Waals surface area contributed by atoms with Crippen LogP contribution in [0.2, 0.25) is 0 Å². The molecule has 63 heavy (non-hydrogen) atoms. The molecule has 1 saturated carbocycles. The maximum absolute atomic E-state index is 13.0. The Kier molecular flexibility index (Phi) is 11.1. The zero-order valence-corrected chi connectivity index (χ0v) is 36.5. The smallest absolute Gasteiger partial charge is 0.335 e. The number of rotatable bonds is 13. The number of aryl methyl sites for hydroxylation is 1. The van der Waals surface area contributed by atoms with E-state index in [-0.39, 0.29) is 23.2 Å². The molecule has 3 saturated heterocycles. The lowest BCUT2D eigenvalue weighted by atomic mass is 9.81. The van der Waals surface area contributed by atoms with Crippen molar-refractivity contribution >= 4 is 33.7 Å². The summed E-state index contributed by atoms with van der Waals surface area (Å²) in [7, 11) is 3.46. The second kappa shape index (κ2) is 16.8. The molecule has 3 aliphatic heterocycles. The topological polar surface area (TPSA) is 140 Å². The predicted molar refractivity (Wildman–Crippen MR) is 243 cm³/mol. The molecular formula is C52H58N4O7. The molecule has 11 heteroatoms. The lowest BCUT2D eigenvalue weighted by molar-refractivity contribution is -0.0676. The SMILES string of the molecule is COc1cc(C)c2[nH]ccc2c1CN1CC[C@H](C2CC2)C[C@H]1c1ccc(C(=O)O)c(Cc2cc(OC)c(CN3CC[C@@]4(CCCO4)C[C@H]3c3ccc(C(=O)O)cc3)c3cc[nH]c23)c1. The van der Waals surface area contributed by atoms with Crippen LogP contribution in [0.5, 0.6) is 11.5 Å². The van der Waals surface area contributed by atoms with Crippen molar-refractivity contribution in [1.82, 2.24) is 19.8 Å². The fourth-order valence-electron chi connectivity index (χ4n) is 11.5. The third-order valence-corrected chi connectivity index (χ3v) is 15.0. The Morgan fingerprint density at radius 2 is 1.43 bits per heavy atom. The summed E-state index contributed by atoms with van der Waals surface area (Å²) < 4.78 is 18.6. The molecule has 4 N–H and O–H groups in total. The van der Waals surface area contributed by atoms with Gasteiger partial charge >= 0.3 is 11.9 Å². The van der Waals surface area contributed by atoms with Crippen LogP contribution < -0.4 is 9.47 Å². The zero-order valence-electron chi connectivity index (χ0n) is 36.5. The molecule has 0 amide bonds. The highest BCUT2D eigenvalue weighted by Crippen LogP contribution is 2.49. The minimum atomic E-state index is -0.935. The molecule has 0 unspecified atom stereocenters. The number of methoxy groups -OCH3 is 2. The van der Waals surface area contributed by atoms with E-state index in [1.807, 2.05) is 30.6 Å². The van der Waals surface area contributed by atoms with E-state index < -0.39 is 11.9 Å². The molecule has 10 rings (SSSR count). The number of piperidine rings is 2. The van der Waals surface area contributed by atoms with Gasteiger partial charge in [-0.1, -0.05) is 24.3 Å². The number of aromatic carboxylic acids is 2. The van der Waals surface area contributed by atoms with Gasteiger partial charge in [-0.15, -0.1) is 0 Å². The molecule has 0 radical (unpaired) electrons. The molecule has 4 aliphatic rings. The highest BCUT2D eigenvalue weighted by molar-refractivity contribution is 5.92. The molecule has 0 bridgehead atoms. The van der Waals surface area contributed by atoms with Crippen molar-refractivity contribution in [3.8, 4) is 11.5 Å². The Labute approximate surface area is 368 Å². The van der Waals surface area contributed by atoms with Crippen molar-refractivity contribution in [2.75, 3.05) is 33.9 Å². The van der Waals surface area contributed by atoms with E-state index in [9.17, 15) is 19.8 Å². The Morgan fingerprint density at radius 1 is 0.746 bits per heavy atom. The van der Waals surface area contributed by atoms with Gasteiger partial charge in [0.15, 0.2) is 0 Å². The number of H-pyrrole nitrogens is 2. The van der Waals surface area contributed by atoms with Crippen molar-refractivity contribution in [2.24, 2.45) is 11.8 Å². The van der Waals surface area contributed by atoms with E-state index in [0.717, 1.165) is 132 Å². The molecule has 6 aromatic rings. The number of benzene rings is 4. The quantitative estimate of drug-likeness (QED) is 0.0894. The summed E-state index contributed by atoms with van der Waals surface area (Å²) in [6.45, 7) is 6.03. The normalized spacial score (nSPS) is 23.2. The zero-order chi connectivity index (χ0) is 43.4. The predicted octanol–water partition coefficient (Wildman–Crippen LogP) is 10.2. The van der Waals surface area contributed by atoms with Crippen LogP contribution in [0.1, 0.15) is 123 Å². The minimum Gasteiger partial charge on any atom is -0.496 e. The number of ether oxygens (including phenoxy) is 3. The first-order valence-corrected chi connectivity index (χ1v) is 22.7. The molecule has 328 valence electrons. The molecule has 4 fully saturated rings. The van der Waals surface area contributed by atoms with Gasteiger partial charge in [0.25, 0.3) is 0 Å². The van der Waals surface area contributed by atoms with Crippen LogP contribution in [-0.2, 0) is 24.2 Å². The Balaban J connectivity index is 0.983. The number of fused-ring (bicyclic) bond motifs is 2. The number of aromatic amines is 2. The third-order valence-electron chi connectivity index (χ3n) is 15.0. The average molecular weight is 851 g/mol. The van der Waals surface area contributed by atoms with E-state index in [2.05, 4.69) is 63.1 Å². The summed E-state index contributed by atoms with van der Waals surface area (Å²) in [4.78, 5) is 36.7. The first-order chi connectivity index (χ1) is 30.6. The van der Waals surface area contributed by atoms with Crippen LogP contribution in [0.25, 0.3) is 21.8 Å². The Bertz CT molecular complexity index is 2670. The van der Waals surface area contributed by atoms with Crippen LogP contribution in [0.3, 0.4) is 0 Å². The number of nitrogens with zero attached hydrogens (tertiary/aromatic N) is 2. The van der Waals surface area contributed by atoms with E-state index >= 15 is 0 Å². The molecule has 1 aliphatic carbocycles. The summed E-state index contributed by atoms with van der Waals surface area (Å²) in [5.41, 5.74) is 9.90. The van der Waals surface area contributed by atoms with Gasteiger partial charge in [0, 0.05) is 90.1 Å². The molecule has 2 aromatic heterocycles. The van der Waals surface area contributed by atoms with Gasteiger partial charge in [-0.25, -0.2) is 9.59 Å². The molecule has 4 aromatic carbocycles. The number of hydrogen-bond donors (Lipinski definition) is 4. The Morgan fingerprint density at radius 3 is 2.10 bits per heavy atom. The van der Waals surface area contributed by atoms with Gasteiger partial charge in [0.1, 0.15) is 11.5 Å². The maximum atomic E-state index is 13.0. The molecule has 4 atom stereocenters. The average Bonchev–Trinajstić information content (AvgIpc) is 3.60. The van der Waals surface area contributed by atoms with Gasteiger partial charge in [0.05, 0.1) is 30.9 Å². The maximum Gasteiger partial charge on any atom is 0.335 e. The lowest BCUT2D eigenvalue weighted by Gasteiger charge is -2.45. The van der Waals surface area contributed by atoms with E-state index in [1.54, 1.807) is 26.4 Å². The van der Waals surface area contributed by atoms with Crippen molar-refractivity contribution in [3.63, 3.8) is 0 Å². The lowest BCUT2D eigenvalue weighted by Crippen LogP contribution is -2.45. The number of carboxylic acid groups (broad SMARTS) is 2. The monoisotopic (exact) mass is 850 g/mol. The van der Waals surface area contributed by atoms with Gasteiger partial charge in [-0.2, -0.15) is 0 Å². The van der Waals surface area contributed by atoms with Crippen molar-refractivity contribution in [2.45, 2.75) is 95.5 Å². The van der Waals surface area contributed by atoms with Crippen LogP contribution in [0.15, 0.2) is 79.1 Å². The van der Waals surface area contributed by atoms with E-state index in [4.69, 9.17) is 14.2 Å². The molecule has 5 heterocycles. The highest BCUT2D eigenvalue weighted by Gasteiger charge is 2.44. The van der Waals surface area contributed by atoms with Gasteiger partial charge in [-0.05, 0) is 147 Å². The second-order valence-corrected chi connectivity index (χ2v) is 18.6. The van der Waals surface area contributed by atoms with E-state index in [1.165, 1.54) is 23.8 Å². The molecule has 11 nitrogen and oxygen atoms in total. The van der Waals surface area contributed by atoms with Crippen LogP contribution >= 0.6 is 0 Å². The Hall–Kier alpha value is -5.62. The third kappa shape index (κ3) is 7.89. The van der Waals surface area contributed by atoms with Gasteiger partial charge < -0.3 is 34.4 Å². The standard InChI is InChI=1S/C52H58N4O7/c1-31-23-46(61-2)42(40-13-18-53-48(31)40)29-55-20-15-35(32-5-6-32)26-44(55)36-11-12-39(51(59)60)37(24-36)25-38-27-47(62-3)43(41-14-19-54-49(38)41)30-56-21-17-52(16-4-22-63-52)28-45(56)33-7-9-34(10-8-33)50(57)58/h7-14,18-19,23-24,27,32,35,44-45,53-54H,4-6,15-17,20-22,25-26,28-30H2,1-3H3,(H,57,58)(H,59,60)/t35-,44-,45-,52-/m0/s1. The number of nitrogens with one attached hydrogen (secondary N) is 2. The summed E-state index contributed by atoms with van der Waals surface area (Å²) in [6, 6.07) is 22.0. The highest BCUT2D eigenvalue weighted by atomic mass is 16.5.